The molecule has 1 amide bonds. The molecule has 98 valence electrons. The topological polar surface area (TPSA) is 32.3 Å². The van der Waals surface area contributed by atoms with Gasteiger partial charge in [0.05, 0.1) is 0 Å². The fourth-order valence-electron chi connectivity index (χ4n) is 2.99. The molecule has 0 radical (unpaired) electrons. The number of hydrogen-bond donors (Lipinski definition) is 1. The van der Waals surface area contributed by atoms with Gasteiger partial charge in [0.1, 0.15) is 0 Å². The van der Waals surface area contributed by atoms with Gasteiger partial charge >= 0.3 is 0 Å². The average Bonchev–Trinajstić information content (AvgIpc) is 2.75. The first-order valence-corrected chi connectivity index (χ1v) is 7.37. The first kappa shape index (κ1) is 12.9. The smallest absolute Gasteiger partial charge is 0.223 e. The van der Waals surface area contributed by atoms with E-state index in [4.69, 9.17) is 0 Å². The molecule has 0 bridgehead atoms. The fraction of sp³-hybridized carbons (Fsp3) is 0.929. The lowest BCUT2D eigenvalue weighted by molar-refractivity contribution is -0.130. The van der Waals surface area contributed by atoms with Gasteiger partial charge in [-0.15, -0.1) is 0 Å². The predicted molar refractivity (Wildman–Crippen MR) is 69.9 cm³/mol. The van der Waals surface area contributed by atoms with E-state index in [-0.39, 0.29) is 0 Å². The second kappa shape index (κ2) is 7.00. The molecule has 3 nitrogen and oxygen atoms in total. The summed E-state index contributed by atoms with van der Waals surface area (Å²) in [5.41, 5.74) is 0. The van der Waals surface area contributed by atoms with Crippen LogP contribution in [-0.4, -0.2) is 36.5 Å². The van der Waals surface area contributed by atoms with E-state index in [2.05, 4.69) is 5.32 Å². The van der Waals surface area contributed by atoms with Crippen LogP contribution in [0.3, 0.4) is 0 Å². The standard InChI is InChI=1S/C14H26N2O/c17-14(16-11-5-6-12-16)9-10-15-13-7-3-1-2-4-8-13/h13,15H,1-12H2. The van der Waals surface area contributed by atoms with Gasteiger partial charge in [0.2, 0.25) is 5.91 Å². The van der Waals surface area contributed by atoms with E-state index in [1.54, 1.807) is 0 Å². The molecule has 2 aliphatic rings. The number of rotatable bonds is 4. The van der Waals surface area contributed by atoms with Gasteiger partial charge in [0, 0.05) is 32.1 Å². The molecule has 0 unspecified atom stereocenters. The van der Waals surface area contributed by atoms with Crippen molar-refractivity contribution in [3.05, 3.63) is 0 Å². The summed E-state index contributed by atoms with van der Waals surface area (Å²) < 4.78 is 0. The molecule has 0 atom stereocenters. The Bertz CT molecular complexity index is 228. The molecule has 2 fully saturated rings. The predicted octanol–water partition coefficient (Wildman–Crippen LogP) is 2.31. The van der Waals surface area contributed by atoms with E-state index in [1.165, 1.54) is 51.4 Å². The van der Waals surface area contributed by atoms with Gasteiger partial charge in [-0.3, -0.25) is 4.79 Å². The van der Waals surface area contributed by atoms with E-state index in [9.17, 15) is 4.79 Å². The second-order valence-corrected chi connectivity index (χ2v) is 5.48. The Morgan fingerprint density at radius 2 is 1.65 bits per heavy atom. The van der Waals surface area contributed by atoms with Crippen LogP contribution >= 0.6 is 0 Å². The molecule has 1 aliphatic heterocycles. The second-order valence-electron chi connectivity index (χ2n) is 5.48. The number of carbonyl (C=O) groups excluding carboxylic acids is 1. The van der Waals surface area contributed by atoms with Gasteiger partial charge in [-0.2, -0.15) is 0 Å². The van der Waals surface area contributed by atoms with Gasteiger partial charge in [0.25, 0.3) is 0 Å². The molecular formula is C14H26N2O. The van der Waals surface area contributed by atoms with Crippen molar-refractivity contribution < 1.29 is 4.79 Å². The Morgan fingerprint density at radius 1 is 1.00 bits per heavy atom. The molecule has 1 N–H and O–H groups in total. The average molecular weight is 238 g/mol. The van der Waals surface area contributed by atoms with Crippen molar-refractivity contribution in [2.75, 3.05) is 19.6 Å². The lowest BCUT2D eigenvalue weighted by atomic mass is 10.1. The molecule has 0 aromatic rings. The Morgan fingerprint density at radius 3 is 2.29 bits per heavy atom. The molecule has 17 heavy (non-hydrogen) atoms. The van der Waals surface area contributed by atoms with Crippen molar-refractivity contribution in [2.24, 2.45) is 0 Å². The molecule has 1 saturated carbocycles. The Hall–Kier alpha value is -0.570. The molecule has 0 spiro atoms. The number of carbonyl (C=O) groups is 1. The zero-order chi connectivity index (χ0) is 11.9. The molecule has 1 heterocycles. The van der Waals surface area contributed by atoms with Gasteiger partial charge in [-0.25, -0.2) is 0 Å². The molecule has 1 saturated heterocycles. The van der Waals surface area contributed by atoms with E-state index in [0.29, 0.717) is 18.4 Å². The van der Waals surface area contributed by atoms with Crippen LogP contribution in [0.2, 0.25) is 0 Å². The Balaban J connectivity index is 1.59. The van der Waals surface area contributed by atoms with Crippen LogP contribution in [0.1, 0.15) is 57.8 Å². The first-order valence-electron chi connectivity index (χ1n) is 7.37. The monoisotopic (exact) mass is 238 g/mol. The highest BCUT2D eigenvalue weighted by Crippen LogP contribution is 2.17. The summed E-state index contributed by atoms with van der Waals surface area (Å²) in [6, 6.07) is 0.670. The third kappa shape index (κ3) is 4.30. The number of amides is 1. The minimum absolute atomic E-state index is 0.351. The third-order valence-corrected chi connectivity index (χ3v) is 4.09. The third-order valence-electron chi connectivity index (χ3n) is 4.09. The van der Waals surface area contributed by atoms with Crippen LogP contribution < -0.4 is 5.32 Å². The molecule has 3 heteroatoms. The van der Waals surface area contributed by atoms with Crippen molar-refractivity contribution >= 4 is 5.91 Å². The van der Waals surface area contributed by atoms with Crippen LogP contribution in [0, 0.1) is 0 Å². The summed E-state index contributed by atoms with van der Waals surface area (Å²) >= 11 is 0. The number of nitrogens with one attached hydrogen (secondary N) is 1. The van der Waals surface area contributed by atoms with Gasteiger partial charge in [0.15, 0.2) is 0 Å². The highest BCUT2D eigenvalue weighted by Gasteiger charge is 2.18. The van der Waals surface area contributed by atoms with Crippen molar-refractivity contribution in [3.8, 4) is 0 Å². The highest BCUT2D eigenvalue weighted by atomic mass is 16.2. The van der Waals surface area contributed by atoms with E-state index < -0.39 is 0 Å². The van der Waals surface area contributed by atoms with Crippen LogP contribution in [0.5, 0.6) is 0 Å². The zero-order valence-electron chi connectivity index (χ0n) is 10.9. The van der Waals surface area contributed by atoms with E-state index in [1.807, 2.05) is 4.90 Å². The Labute approximate surface area is 105 Å². The molecule has 1 aliphatic carbocycles. The van der Waals surface area contributed by atoms with Crippen molar-refractivity contribution in [2.45, 2.75) is 63.8 Å². The summed E-state index contributed by atoms with van der Waals surface area (Å²) in [6.07, 6.45) is 11.2. The fourth-order valence-corrected chi connectivity index (χ4v) is 2.99. The first-order chi connectivity index (χ1) is 8.36. The maximum absolute atomic E-state index is 11.8. The van der Waals surface area contributed by atoms with Gasteiger partial charge in [-0.05, 0) is 25.7 Å². The van der Waals surface area contributed by atoms with Crippen LogP contribution in [0.25, 0.3) is 0 Å². The van der Waals surface area contributed by atoms with E-state index >= 15 is 0 Å². The SMILES string of the molecule is O=C(CCNC1CCCCCC1)N1CCCC1. The molecule has 0 aromatic carbocycles. The van der Waals surface area contributed by atoms with Crippen LogP contribution in [0.4, 0.5) is 0 Å². The lowest BCUT2D eigenvalue weighted by Gasteiger charge is -2.18. The highest BCUT2D eigenvalue weighted by molar-refractivity contribution is 5.76. The van der Waals surface area contributed by atoms with Gasteiger partial charge in [-0.1, -0.05) is 25.7 Å². The summed E-state index contributed by atoms with van der Waals surface area (Å²) in [4.78, 5) is 13.9. The molecular weight excluding hydrogens is 212 g/mol. The van der Waals surface area contributed by atoms with Crippen molar-refractivity contribution in [1.29, 1.82) is 0 Å². The zero-order valence-corrected chi connectivity index (χ0v) is 10.9. The van der Waals surface area contributed by atoms with Crippen molar-refractivity contribution in [1.82, 2.24) is 10.2 Å². The summed E-state index contributed by atoms with van der Waals surface area (Å²) in [6.45, 7) is 2.85. The number of likely N-dealkylation sites (tertiary alicyclic amines) is 1. The largest absolute Gasteiger partial charge is 0.343 e. The maximum atomic E-state index is 11.8. The minimum atomic E-state index is 0.351. The number of hydrogen-bond acceptors (Lipinski definition) is 2. The molecule has 0 aromatic heterocycles. The van der Waals surface area contributed by atoms with Gasteiger partial charge < -0.3 is 10.2 Å². The lowest BCUT2D eigenvalue weighted by Crippen LogP contribution is -2.34. The molecule has 2 rings (SSSR count). The Kier molecular flexibility index (Phi) is 5.30. The van der Waals surface area contributed by atoms with Crippen molar-refractivity contribution in [3.63, 3.8) is 0 Å². The minimum Gasteiger partial charge on any atom is -0.343 e. The van der Waals surface area contributed by atoms with E-state index in [0.717, 1.165) is 19.6 Å². The normalized spacial score (nSPS) is 22.7. The quantitative estimate of drug-likeness (QED) is 0.762. The van der Waals surface area contributed by atoms with Crippen LogP contribution in [-0.2, 0) is 4.79 Å². The summed E-state index contributed by atoms with van der Waals surface area (Å²) in [7, 11) is 0. The number of nitrogens with zero attached hydrogens (tertiary/aromatic N) is 1. The summed E-state index contributed by atoms with van der Waals surface area (Å²) in [5, 5.41) is 3.57. The summed E-state index contributed by atoms with van der Waals surface area (Å²) in [5.74, 6) is 0.351. The maximum Gasteiger partial charge on any atom is 0.223 e. The van der Waals surface area contributed by atoms with Crippen LogP contribution in [0.15, 0.2) is 0 Å².